The van der Waals surface area contributed by atoms with E-state index in [2.05, 4.69) is 20.4 Å². The van der Waals surface area contributed by atoms with Crippen LogP contribution in [0.25, 0.3) is 17.0 Å². The molecule has 2 aromatic heterocycles. The van der Waals surface area contributed by atoms with Crippen molar-refractivity contribution >= 4 is 34.4 Å². The predicted octanol–water partition coefficient (Wildman–Crippen LogP) is 4.18. The number of aromatic nitrogens is 4. The zero-order chi connectivity index (χ0) is 18.5. The van der Waals surface area contributed by atoms with Crippen molar-refractivity contribution in [3.8, 4) is 5.95 Å². The molecule has 5 rings (SSSR count). The van der Waals surface area contributed by atoms with E-state index in [4.69, 9.17) is 11.6 Å². The number of carbonyl (C=O) groups excluding carboxylic acids is 1. The maximum atomic E-state index is 12.4. The molecule has 1 aliphatic heterocycles. The largest absolute Gasteiger partial charge is 0.322 e. The number of rotatable bonds is 2. The van der Waals surface area contributed by atoms with Gasteiger partial charge in [0.05, 0.1) is 16.7 Å². The lowest BCUT2D eigenvalue weighted by Gasteiger charge is -2.24. The molecule has 1 amide bonds. The molecule has 0 bridgehead atoms. The van der Waals surface area contributed by atoms with Crippen LogP contribution in [-0.2, 0) is 4.79 Å². The molecule has 2 N–H and O–H groups in total. The molecule has 134 valence electrons. The van der Waals surface area contributed by atoms with Gasteiger partial charge in [-0.3, -0.25) is 4.79 Å². The van der Waals surface area contributed by atoms with Crippen molar-refractivity contribution in [1.29, 1.82) is 0 Å². The van der Waals surface area contributed by atoms with Crippen molar-refractivity contribution in [1.82, 2.24) is 19.7 Å². The second-order valence-electron chi connectivity index (χ2n) is 6.70. The van der Waals surface area contributed by atoms with Crippen LogP contribution < -0.4 is 5.32 Å². The first-order valence-corrected chi connectivity index (χ1v) is 9.08. The van der Waals surface area contributed by atoms with Crippen LogP contribution in [0.2, 0.25) is 5.02 Å². The minimum absolute atomic E-state index is 0.0512. The maximum Gasteiger partial charge on any atom is 0.231 e. The molecule has 0 spiro atoms. The minimum atomic E-state index is -0.0921. The van der Waals surface area contributed by atoms with Gasteiger partial charge in [-0.2, -0.15) is 9.78 Å². The van der Waals surface area contributed by atoms with Gasteiger partial charge in [-0.25, -0.2) is 4.98 Å². The number of halogens is 1. The molecule has 7 heteroatoms. The van der Waals surface area contributed by atoms with Gasteiger partial charge >= 0.3 is 0 Å². The summed E-state index contributed by atoms with van der Waals surface area (Å²) in [6.07, 6.45) is 0.361. The highest BCUT2D eigenvalue weighted by Crippen LogP contribution is 2.40. The van der Waals surface area contributed by atoms with E-state index in [0.29, 0.717) is 23.2 Å². The van der Waals surface area contributed by atoms with Crippen LogP contribution in [0.15, 0.2) is 48.5 Å². The Kier molecular flexibility index (Phi) is 3.55. The summed E-state index contributed by atoms with van der Waals surface area (Å²) in [6.45, 7) is 1.95. The number of nitrogens with one attached hydrogen (secondary N) is 2. The standard InChI is InChI=1S/C20H16ClN5O/c1-11-18-14(12-5-4-6-13(21)9-12)10-17(27)24-19(18)26(25-11)20-22-15-7-2-3-8-16(15)23-20/h2-9,14H,10H2,1H3,(H,22,23)(H,24,27)/t14-/m1/s1. The van der Waals surface area contributed by atoms with Crippen LogP contribution in [-0.4, -0.2) is 25.7 Å². The number of aryl methyl sites for hydroxylation is 1. The molecule has 4 aromatic rings. The number of nitrogens with zero attached hydrogens (tertiary/aromatic N) is 3. The fourth-order valence-electron chi connectivity index (χ4n) is 3.75. The molecule has 0 radical (unpaired) electrons. The molecule has 0 aliphatic carbocycles. The number of hydrogen-bond acceptors (Lipinski definition) is 3. The third-order valence-electron chi connectivity index (χ3n) is 4.93. The highest BCUT2D eigenvalue weighted by atomic mass is 35.5. The van der Waals surface area contributed by atoms with Gasteiger partial charge in [-0.1, -0.05) is 35.9 Å². The molecule has 0 fully saturated rings. The number of hydrogen-bond donors (Lipinski definition) is 2. The number of benzene rings is 2. The Balaban J connectivity index is 1.69. The van der Waals surface area contributed by atoms with Crippen LogP contribution in [0.5, 0.6) is 0 Å². The number of aromatic amines is 1. The lowest BCUT2D eigenvalue weighted by molar-refractivity contribution is -0.116. The minimum Gasteiger partial charge on any atom is -0.322 e. The number of carbonyl (C=O) groups is 1. The van der Waals surface area contributed by atoms with Gasteiger partial charge in [-0.05, 0) is 36.8 Å². The number of H-pyrrole nitrogens is 1. The second-order valence-corrected chi connectivity index (χ2v) is 7.13. The van der Waals surface area contributed by atoms with Gasteiger partial charge in [-0.15, -0.1) is 0 Å². The monoisotopic (exact) mass is 377 g/mol. The van der Waals surface area contributed by atoms with Crippen molar-refractivity contribution in [3.63, 3.8) is 0 Å². The van der Waals surface area contributed by atoms with Gasteiger partial charge in [0.2, 0.25) is 11.9 Å². The molecule has 1 atom stereocenters. The summed E-state index contributed by atoms with van der Waals surface area (Å²) < 4.78 is 1.68. The summed E-state index contributed by atoms with van der Waals surface area (Å²) in [7, 11) is 0. The summed E-state index contributed by atoms with van der Waals surface area (Å²) in [5.74, 6) is 1.09. The number of anilines is 1. The van der Waals surface area contributed by atoms with E-state index in [1.54, 1.807) is 4.68 Å². The molecule has 3 heterocycles. The van der Waals surface area contributed by atoms with E-state index < -0.39 is 0 Å². The second kappa shape index (κ2) is 5.96. The maximum absolute atomic E-state index is 12.4. The van der Waals surface area contributed by atoms with Crippen molar-refractivity contribution in [2.45, 2.75) is 19.3 Å². The molecule has 0 unspecified atom stereocenters. The fourth-order valence-corrected chi connectivity index (χ4v) is 3.95. The Morgan fingerprint density at radius 3 is 2.85 bits per heavy atom. The number of para-hydroxylation sites is 2. The third-order valence-corrected chi connectivity index (χ3v) is 5.17. The van der Waals surface area contributed by atoms with Crippen LogP contribution >= 0.6 is 11.6 Å². The Morgan fingerprint density at radius 2 is 2.04 bits per heavy atom. The molecule has 27 heavy (non-hydrogen) atoms. The summed E-state index contributed by atoms with van der Waals surface area (Å²) in [5.41, 5.74) is 4.63. The molecule has 0 saturated carbocycles. The quantitative estimate of drug-likeness (QED) is 0.550. The van der Waals surface area contributed by atoms with Crippen LogP contribution in [0.1, 0.15) is 29.2 Å². The molecule has 2 aromatic carbocycles. The number of imidazole rings is 1. The summed E-state index contributed by atoms with van der Waals surface area (Å²) in [5, 5.41) is 8.30. The summed E-state index contributed by atoms with van der Waals surface area (Å²) in [6, 6.07) is 15.4. The highest BCUT2D eigenvalue weighted by molar-refractivity contribution is 6.30. The molecule has 0 saturated heterocycles. The number of fused-ring (bicyclic) bond motifs is 2. The van der Waals surface area contributed by atoms with Crippen LogP contribution in [0.3, 0.4) is 0 Å². The van der Waals surface area contributed by atoms with Gasteiger partial charge in [0.25, 0.3) is 0 Å². The molecule has 6 nitrogen and oxygen atoms in total. The molecule has 1 aliphatic rings. The smallest absolute Gasteiger partial charge is 0.231 e. The Morgan fingerprint density at radius 1 is 1.19 bits per heavy atom. The van der Waals surface area contributed by atoms with E-state index in [-0.39, 0.29) is 11.8 Å². The van der Waals surface area contributed by atoms with Crippen LogP contribution in [0.4, 0.5) is 5.82 Å². The van der Waals surface area contributed by atoms with E-state index in [1.807, 2.05) is 55.5 Å². The first-order valence-electron chi connectivity index (χ1n) is 8.70. The summed E-state index contributed by atoms with van der Waals surface area (Å²) in [4.78, 5) is 20.3. The van der Waals surface area contributed by atoms with Gasteiger partial charge in [0.1, 0.15) is 5.82 Å². The fraction of sp³-hybridized carbons (Fsp3) is 0.150. The van der Waals surface area contributed by atoms with Gasteiger partial charge in [0.15, 0.2) is 0 Å². The highest BCUT2D eigenvalue weighted by Gasteiger charge is 2.33. The molecular formula is C20H16ClN5O. The Bertz CT molecular complexity index is 1160. The zero-order valence-corrected chi connectivity index (χ0v) is 15.3. The zero-order valence-electron chi connectivity index (χ0n) is 14.5. The van der Waals surface area contributed by atoms with E-state index in [1.165, 1.54) is 0 Å². The summed E-state index contributed by atoms with van der Waals surface area (Å²) >= 11 is 6.18. The predicted molar refractivity (Wildman–Crippen MR) is 104 cm³/mol. The molecular weight excluding hydrogens is 362 g/mol. The lowest BCUT2D eigenvalue weighted by Crippen LogP contribution is -2.25. The number of amides is 1. The van der Waals surface area contributed by atoms with Crippen LogP contribution in [0, 0.1) is 6.92 Å². The third kappa shape index (κ3) is 2.61. The topological polar surface area (TPSA) is 75.6 Å². The first-order chi connectivity index (χ1) is 13.1. The average Bonchev–Trinajstić information content (AvgIpc) is 3.22. The lowest BCUT2D eigenvalue weighted by atomic mass is 9.86. The van der Waals surface area contributed by atoms with Crippen molar-refractivity contribution in [2.24, 2.45) is 0 Å². The Hall–Kier alpha value is -3.12. The SMILES string of the molecule is Cc1nn(-c2nc3ccccc3[nH]2)c2c1[C@@H](c1cccc(Cl)c1)CC(=O)N2. The van der Waals surface area contributed by atoms with E-state index >= 15 is 0 Å². The van der Waals surface area contributed by atoms with Gasteiger partial charge < -0.3 is 10.3 Å². The van der Waals surface area contributed by atoms with Crippen molar-refractivity contribution in [2.75, 3.05) is 5.32 Å². The van der Waals surface area contributed by atoms with E-state index in [9.17, 15) is 4.79 Å². The average molecular weight is 378 g/mol. The first kappa shape index (κ1) is 16.1. The van der Waals surface area contributed by atoms with Crippen molar-refractivity contribution in [3.05, 3.63) is 70.4 Å². The Labute approximate surface area is 160 Å². The van der Waals surface area contributed by atoms with Gasteiger partial charge in [0, 0.05) is 22.9 Å². The van der Waals surface area contributed by atoms with Crippen molar-refractivity contribution < 1.29 is 4.79 Å². The normalized spacial score (nSPS) is 16.4. The van der Waals surface area contributed by atoms with E-state index in [0.717, 1.165) is 27.9 Å².